The van der Waals surface area contributed by atoms with Crippen molar-refractivity contribution in [2.75, 3.05) is 35.5 Å². The number of hydrogen-bond acceptors (Lipinski definition) is 8. The summed E-state index contributed by atoms with van der Waals surface area (Å²) in [4.78, 5) is 17.3. The van der Waals surface area contributed by atoms with Crippen molar-refractivity contribution in [1.29, 1.82) is 0 Å². The van der Waals surface area contributed by atoms with E-state index in [2.05, 4.69) is 5.16 Å². The highest BCUT2D eigenvalue weighted by atomic mass is 16.7. The van der Waals surface area contributed by atoms with E-state index in [0.29, 0.717) is 34.3 Å². The Kier molecular flexibility index (Phi) is 6.91. The van der Waals surface area contributed by atoms with Gasteiger partial charge in [0, 0.05) is 5.56 Å². The number of nitrogens with two attached hydrogens (primary N) is 1. The predicted molar refractivity (Wildman–Crippen MR) is 102 cm³/mol. The molecule has 0 saturated carbocycles. The van der Waals surface area contributed by atoms with Crippen molar-refractivity contribution in [1.82, 2.24) is 0 Å². The van der Waals surface area contributed by atoms with Crippen LogP contribution in [0.1, 0.15) is 15.9 Å². The summed E-state index contributed by atoms with van der Waals surface area (Å²) in [5, 5.41) is 3.69. The fourth-order valence-electron chi connectivity index (χ4n) is 2.39. The van der Waals surface area contributed by atoms with Crippen LogP contribution in [0, 0.1) is 0 Å². The number of carbonyl (C=O) groups is 1. The fourth-order valence-corrected chi connectivity index (χ4v) is 2.39. The van der Waals surface area contributed by atoms with Gasteiger partial charge >= 0.3 is 5.97 Å². The summed E-state index contributed by atoms with van der Waals surface area (Å²) in [5.74, 6) is 1.22. The maximum atomic E-state index is 12.4. The number of nitrogens with zero attached hydrogens (tertiary/aromatic N) is 1. The summed E-state index contributed by atoms with van der Waals surface area (Å²) in [6, 6.07) is 7.84. The van der Waals surface area contributed by atoms with E-state index in [1.165, 1.54) is 47.7 Å². The second-order valence-electron chi connectivity index (χ2n) is 5.34. The van der Waals surface area contributed by atoms with Crippen LogP contribution in [0.4, 0.5) is 0 Å². The number of ether oxygens (including phenoxy) is 5. The molecule has 0 fully saturated rings. The molecule has 2 rings (SSSR count). The van der Waals surface area contributed by atoms with Gasteiger partial charge in [-0.2, -0.15) is 0 Å². The van der Waals surface area contributed by atoms with Crippen LogP contribution in [0.3, 0.4) is 0 Å². The topological polar surface area (TPSA) is 111 Å². The Morgan fingerprint density at radius 2 is 1.29 bits per heavy atom. The van der Waals surface area contributed by atoms with Crippen molar-refractivity contribution in [2.45, 2.75) is 0 Å². The van der Waals surface area contributed by atoms with Gasteiger partial charge in [-0.05, 0) is 30.3 Å². The van der Waals surface area contributed by atoms with Gasteiger partial charge in [-0.25, -0.2) is 4.79 Å². The Labute approximate surface area is 162 Å². The number of carbonyl (C=O) groups excluding carboxylic acids is 1. The van der Waals surface area contributed by atoms with Gasteiger partial charge in [0.1, 0.15) is 0 Å². The van der Waals surface area contributed by atoms with Crippen molar-refractivity contribution in [2.24, 2.45) is 10.9 Å². The first-order valence-corrected chi connectivity index (χ1v) is 8.06. The summed E-state index contributed by atoms with van der Waals surface area (Å²) in [7, 11) is 7.37. The van der Waals surface area contributed by atoms with Gasteiger partial charge in [0.2, 0.25) is 5.75 Å². The Morgan fingerprint density at radius 3 is 1.79 bits per heavy atom. The number of methoxy groups -OCH3 is 5. The van der Waals surface area contributed by atoms with Crippen molar-refractivity contribution < 1.29 is 33.3 Å². The largest absolute Gasteiger partial charge is 0.493 e. The summed E-state index contributed by atoms with van der Waals surface area (Å²) in [5.41, 5.74) is 6.55. The van der Waals surface area contributed by atoms with Crippen molar-refractivity contribution in [3.8, 4) is 28.7 Å². The minimum atomic E-state index is -0.748. The van der Waals surface area contributed by atoms with Gasteiger partial charge in [0.15, 0.2) is 28.8 Å². The Bertz CT molecular complexity index is 856. The second kappa shape index (κ2) is 9.36. The molecule has 0 atom stereocenters. The van der Waals surface area contributed by atoms with Gasteiger partial charge in [-0.15, -0.1) is 0 Å². The minimum absolute atomic E-state index is 0.0123. The first-order valence-electron chi connectivity index (χ1n) is 8.06. The highest BCUT2D eigenvalue weighted by Gasteiger charge is 2.18. The molecule has 0 aromatic heterocycles. The highest BCUT2D eigenvalue weighted by molar-refractivity contribution is 5.99. The number of benzene rings is 2. The Hall–Kier alpha value is -3.62. The van der Waals surface area contributed by atoms with E-state index in [9.17, 15) is 4.79 Å². The molecular formula is C19H22N2O7. The van der Waals surface area contributed by atoms with Gasteiger partial charge in [-0.1, -0.05) is 5.16 Å². The highest BCUT2D eigenvalue weighted by Crippen LogP contribution is 2.38. The van der Waals surface area contributed by atoms with Crippen molar-refractivity contribution in [3.05, 3.63) is 41.5 Å². The molecular weight excluding hydrogens is 368 g/mol. The van der Waals surface area contributed by atoms with Crippen molar-refractivity contribution >= 4 is 11.8 Å². The summed E-state index contributed by atoms with van der Waals surface area (Å²) in [6.07, 6.45) is 0. The Balaban J connectivity index is 2.25. The van der Waals surface area contributed by atoms with Gasteiger partial charge in [-0.3, -0.25) is 0 Å². The Morgan fingerprint density at radius 1 is 0.750 bits per heavy atom. The van der Waals surface area contributed by atoms with Gasteiger partial charge in [0.25, 0.3) is 0 Å². The monoisotopic (exact) mass is 390 g/mol. The molecule has 2 aromatic rings. The lowest BCUT2D eigenvalue weighted by molar-refractivity contribution is 0.0515. The molecule has 2 N–H and O–H groups in total. The van der Waals surface area contributed by atoms with Crippen LogP contribution in [0.25, 0.3) is 0 Å². The molecule has 0 aliphatic rings. The zero-order valence-corrected chi connectivity index (χ0v) is 16.3. The minimum Gasteiger partial charge on any atom is -0.493 e. The lowest BCUT2D eigenvalue weighted by Gasteiger charge is -2.13. The quantitative estimate of drug-likeness (QED) is 0.316. The molecule has 0 radical (unpaired) electrons. The van der Waals surface area contributed by atoms with Crippen LogP contribution in [-0.4, -0.2) is 47.4 Å². The van der Waals surface area contributed by atoms with E-state index in [-0.39, 0.29) is 11.4 Å². The maximum Gasteiger partial charge on any atom is 0.366 e. The number of amidine groups is 1. The molecule has 0 heterocycles. The first kappa shape index (κ1) is 20.7. The average Bonchev–Trinajstić information content (AvgIpc) is 2.75. The van der Waals surface area contributed by atoms with Crippen molar-refractivity contribution in [3.63, 3.8) is 0 Å². The smallest absolute Gasteiger partial charge is 0.366 e. The molecule has 2 aromatic carbocycles. The van der Waals surface area contributed by atoms with Gasteiger partial charge in [0.05, 0.1) is 41.1 Å². The van der Waals surface area contributed by atoms with E-state index in [0.717, 1.165) is 0 Å². The zero-order chi connectivity index (χ0) is 20.7. The molecule has 0 unspecified atom stereocenters. The SMILES string of the molecule is COc1ccc(/C(N)=N/OC(=O)c2cc(OC)c(OC)c(OC)c2)cc1OC. The maximum absolute atomic E-state index is 12.4. The van der Waals surface area contributed by atoms with Crippen LogP contribution >= 0.6 is 0 Å². The van der Waals surface area contributed by atoms with E-state index >= 15 is 0 Å². The summed E-state index contributed by atoms with van der Waals surface area (Å²) < 4.78 is 26.0. The van der Waals surface area contributed by atoms with E-state index < -0.39 is 5.97 Å². The molecule has 0 aliphatic carbocycles. The molecule has 9 nitrogen and oxygen atoms in total. The average molecular weight is 390 g/mol. The molecule has 0 spiro atoms. The fraction of sp³-hybridized carbons (Fsp3) is 0.263. The number of oxime groups is 1. The standard InChI is InChI=1S/C19H22N2O7/c1-23-13-7-6-11(8-14(13)24-2)18(20)21-28-19(22)12-9-15(25-3)17(27-5)16(10-12)26-4/h6-10H,1-5H3,(H2,20,21). The lowest BCUT2D eigenvalue weighted by Crippen LogP contribution is -2.15. The third kappa shape index (κ3) is 4.37. The summed E-state index contributed by atoms with van der Waals surface area (Å²) in [6.45, 7) is 0. The number of rotatable bonds is 8. The third-order valence-corrected chi connectivity index (χ3v) is 3.81. The van der Waals surface area contributed by atoms with Crippen LogP contribution < -0.4 is 29.4 Å². The second-order valence-corrected chi connectivity index (χ2v) is 5.34. The molecule has 0 amide bonds. The number of hydrogen-bond donors (Lipinski definition) is 1. The van der Waals surface area contributed by atoms with E-state index in [4.69, 9.17) is 34.3 Å². The first-order chi connectivity index (χ1) is 13.5. The molecule has 150 valence electrons. The van der Waals surface area contributed by atoms with E-state index in [1.807, 2.05) is 0 Å². The molecule has 0 bridgehead atoms. The normalized spacial score (nSPS) is 10.8. The predicted octanol–water partition coefficient (Wildman–Crippen LogP) is 2.21. The van der Waals surface area contributed by atoms with E-state index in [1.54, 1.807) is 18.2 Å². The summed E-state index contributed by atoms with van der Waals surface area (Å²) >= 11 is 0. The van der Waals surface area contributed by atoms with Crippen LogP contribution in [-0.2, 0) is 4.84 Å². The third-order valence-electron chi connectivity index (χ3n) is 3.81. The zero-order valence-electron chi connectivity index (χ0n) is 16.3. The lowest BCUT2D eigenvalue weighted by atomic mass is 10.2. The van der Waals surface area contributed by atoms with Crippen LogP contribution in [0.15, 0.2) is 35.5 Å². The molecule has 9 heteroatoms. The van der Waals surface area contributed by atoms with Gasteiger partial charge < -0.3 is 34.3 Å². The van der Waals surface area contributed by atoms with Crippen LogP contribution in [0.2, 0.25) is 0 Å². The molecule has 28 heavy (non-hydrogen) atoms. The molecule has 0 aliphatic heterocycles. The van der Waals surface area contributed by atoms with Crippen LogP contribution in [0.5, 0.6) is 28.7 Å². The molecule has 0 saturated heterocycles.